The van der Waals surface area contributed by atoms with Crippen LogP contribution in [0.1, 0.15) is 23.2 Å². The SMILES string of the molecule is O=C(NCCNc1ccc([N+](=O)[O-])cc1)c1cccc(NC(=O)C2CCCO2)c1. The van der Waals surface area contributed by atoms with Crippen molar-refractivity contribution in [3.63, 3.8) is 0 Å². The molecule has 1 unspecified atom stereocenters. The molecule has 1 aliphatic heterocycles. The van der Waals surface area contributed by atoms with Gasteiger partial charge >= 0.3 is 0 Å². The molecular weight excluding hydrogens is 376 g/mol. The molecule has 0 aromatic heterocycles. The van der Waals surface area contributed by atoms with Gasteiger partial charge in [0, 0.05) is 48.8 Å². The van der Waals surface area contributed by atoms with Gasteiger partial charge in [-0.1, -0.05) is 6.07 Å². The highest BCUT2D eigenvalue weighted by molar-refractivity contribution is 5.98. The number of nitro benzene ring substituents is 1. The smallest absolute Gasteiger partial charge is 0.269 e. The maximum atomic E-state index is 12.3. The summed E-state index contributed by atoms with van der Waals surface area (Å²) in [6.45, 7) is 1.41. The average Bonchev–Trinajstić information content (AvgIpc) is 3.27. The monoisotopic (exact) mass is 398 g/mol. The van der Waals surface area contributed by atoms with Gasteiger partial charge < -0.3 is 20.7 Å². The number of nitrogens with one attached hydrogen (secondary N) is 3. The zero-order chi connectivity index (χ0) is 20.6. The van der Waals surface area contributed by atoms with Gasteiger partial charge in [0.25, 0.3) is 17.5 Å². The summed E-state index contributed by atoms with van der Waals surface area (Å²) in [7, 11) is 0. The molecule has 1 atom stereocenters. The highest BCUT2D eigenvalue weighted by Gasteiger charge is 2.23. The maximum Gasteiger partial charge on any atom is 0.269 e. The maximum absolute atomic E-state index is 12.3. The fraction of sp³-hybridized carbons (Fsp3) is 0.300. The lowest BCUT2D eigenvalue weighted by Crippen LogP contribution is -2.29. The molecule has 1 fully saturated rings. The summed E-state index contributed by atoms with van der Waals surface area (Å²) < 4.78 is 5.35. The molecule has 0 bridgehead atoms. The van der Waals surface area contributed by atoms with Crippen molar-refractivity contribution in [3.8, 4) is 0 Å². The van der Waals surface area contributed by atoms with Crippen LogP contribution in [0.15, 0.2) is 48.5 Å². The van der Waals surface area contributed by atoms with Crippen LogP contribution >= 0.6 is 0 Å². The molecule has 3 N–H and O–H groups in total. The van der Waals surface area contributed by atoms with Crippen molar-refractivity contribution in [2.45, 2.75) is 18.9 Å². The van der Waals surface area contributed by atoms with Crippen molar-refractivity contribution in [1.82, 2.24) is 5.32 Å². The summed E-state index contributed by atoms with van der Waals surface area (Å²) in [5.41, 5.74) is 1.73. The van der Waals surface area contributed by atoms with E-state index in [1.54, 1.807) is 36.4 Å². The van der Waals surface area contributed by atoms with Gasteiger partial charge in [-0.3, -0.25) is 19.7 Å². The Balaban J connectivity index is 1.45. The number of non-ortho nitro benzene ring substituents is 1. The zero-order valence-corrected chi connectivity index (χ0v) is 15.7. The third kappa shape index (κ3) is 5.76. The lowest BCUT2D eigenvalue weighted by Gasteiger charge is -2.12. The van der Waals surface area contributed by atoms with Crippen LogP contribution in [0.4, 0.5) is 17.1 Å². The Kier molecular flexibility index (Phi) is 6.75. The minimum absolute atomic E-state index is 0.0234. The minimum atomic E-state index is -0.457. The second-order valence-corrected chi connectivity index (χ2v) is 6.56. The highest BCUT2D eigenvalue weighted by atomic mass is 16.6. The molecule has 2 amide bonds. The molecule has 0 spiro atoms. The molecular formula is C20H22N4O5. The average molecular weight is 398 g/mol. The number of amides is 2. The Morgan fingerprint density at radius 3 is 2.59 bits per heavy atom. The van der Waals surface area contributed by atoms with Crippen LogP contribution in [0.2, 0.25) is 0 Å². The molecule has 1 heterocycles. The lowest BCUT2D eigenvalue weighted by molar-refractivity contribution is -0.384. The van der Waals surface area contributed by atoms with Crippen LogP contribution in [0, 0.1) is 10.1 Å². The van der Waals surface area contributed by atoms with Gasteiger partial charge in [0.05, 0.1) is 4.92 Å². The van der Waals surface area contributed by atoms with E-state index in [9.17, 15) is 19.7 Å². The number of carbonyl (C=O) groups is 2. The van der Waals surface area contributed by atoms with Crippen LogP contribution < -0.4 is 16.0 Å². The quantitative estimate of drug-likeness (QED) is 0.357. The van der Waals surface area contributed by atoms with E-state index in [1.807, 2.05) is 0 Å². The van der Waals surface area contributed by atoms with E-state index >= 15 is 0 Å². The summed E-state index contributed by atoms with van der Waals surface area (Å²) in [5.74, 6) is -0.462. The number of hydrogen-bond donors (Lipinski definition) is 3. The van der Waals surface area contributed by atoms with Gasteiger partial charge in [0.1, 0.15) is 6.10 Å². The molecule has 1 aliphatic rings. The first-order valence-electron chi connectivity index (χ1n) is 9.32. The molecule has 3 rings (SSSR count). The normalized spacial score (nSPS) is 15.5. The largest absolute Gasteiger partial charge is 0.383 e. The Bertz CT molecular complexity index is 879. The Hall–Kier alpha value is -3.46. The molecule has 2 aromatic rings. The van der Waals surface area contributed by atoms with Crippen molar-refractivity contribution in [1.29, 1.82) is 0 Å². The van der Waals surface area contributed by atoms with E-state index in [0.29, 0.717) is 37.4 Å². The number of hydrogen-bond acceptors (Lipinski definition) is 6. The molecule has 9 heteroatoms. The molecule has 29 heavy (non-hydrogen) atoms. The molecule has 0 aliphatic carbocycles. The Labute approximate surface area is 167 Å². The molecule has 152 valence electrons. The van der Waals surface area contributed by atoms with Gasteiger partial charge in [-0.25, -0.2) is 0 Å². The number of ether oxygens (including phenoxy) is 1. The molecule has 0 radical (unpaired) electrons. The number of benzene rings is 2. The van der Waals surface area contributed by atoms with Gasteiger partial charge in [0.2, 0.25) is 0 Å². The second kappa shape index (κ2) is 9.65. The van der Waals surface area contributed by atoms with E-state index in [4.69, 9.17) is 4.74 Å². The van der Waals surface area contributed by atoms with Crippen LogP contribution in [0.25, 0.3) is 0 Å². The topological polar surface area (TPSA) is 123 Å². The van der Waals surface area contributed by atoms with Crippen molar-refractivity contribution in [2.75, 3.05) is 30.3 Å². The van der Waals surface area contributed by atoms with E-state index in [-0.39, 0.29) is 17.5 Å². The molecule has 0 saturated carbocycles. The van der Waals surface area contributed by atoms with Gasteiger partial charge in [-0.2, -0.15) is 0 Å². The Morgan fingerprint density at radius 1 is 1.10 bits per heavy atom. The minimum Gasteiger partial charge on any atom is -0.383 e. The number of nitrogens with zero attached hydrogens (tertiary/aromatic N) is 1. The number of anilines is 2. The third-order valence-electron chi connectivity index (χ3n) is 4.43. The van der Waals surface area contributed by atoms with E-state index in [2.05, 4.69) is 16.0 Å². The van der Waals surface area contributed by atoms with Gasteiger partial charge in [-0.05, 0) is 43.2 Å². The number of rotatable bonds is 8. The third-order valence-corrected chi connectivity index (χ3v) is 4.43. The molecule has 9 nitrogen and oxygen atoms in total. The van der Waals surface area contributed by atoms with Crippen molar-refractivity contribution in [3.05, 3.63) is 64.2 Å². The van der Waals surface area contributed by atoms with Gasteiger partial charge in [0.15, 0.2) is 0 Å². The predicted molar refractivity (Wildman–Crippen MR) is 108 cm³/mol. The summed E-state index contributed by atoms with van der Waals surface area (Å²) in [4.78, 5) is 34.6. The van der Waals surface area contributed by atoms with Crippen LogP contribution in [0.5, 0.6) is 0 Å². The highest BCUT2D eigenvalue weighted by Crippen LogP contribution is 2.17. The fourth-order valence-corrected chi connectivity index (χ4v) is 2.93. The van der Waals surface area contributed by atoms with Crippen molar-refractivity contribution < 1.29 is 19.2 Å². The van der Waals surface area contributed by atoms with E-state index in [0.717, 1.165) is 12.1 Å². The van der Waals surface area contributed by atoms with Crippen molar-refractivity contribution >= 4 is 28.9 Å². The Morgan fingerprint density at radius 2 is 1.90 bits per heavy atom. The van der Waals surface area contributed by atoms with E-state index < -0.39 is 11.0 Å². The molecule has 1 saturated heterocycles. The van der Waals surface area contributed by atoms with Crippen LogP contribution in [-0.2, 0) is 9.53 Å². The summed E-state index contributed by atoms with van der Waals surface area (Å²) in [5, 5.41) is 19.3. The van der Waals surface area contributed by atoms with Crippen molar-refractivity contribution in [2.24, 2.45) is 0 Å². The second-order valence-electron chi connectivity index (χ2n) is 6.56. The van der Waals surface area contributed by atoms with Crippen LogP contribution in [-0.4, -0.2) is 42.5 Å². The van der Waals surface area contributed by atoms with Gasteiger partial charge in [-0.15, -0.1) is 0 Å². The fourth-order valence-electron chi connectivity index (χ4n) is 2.93. The lowest BCUT2D eigenvalue weighted by atomic mass is 10.1. The first-order chi connectivity index (χ1) is 14.0. The first kappa shape index (κ1) is 20.3. The standard InChI is InChI=1S/C20H22N4O5/c25-19(22-11-10-21-15-6-8-17(9-7-15)24(27)28)14-3-1-4-16(13-14)23-20(26)18-5-2-12-29-18/h1,3-4,6-9,13,18,21H,2,5,10-12H2,(H,22,25)(H,23,26). The number of carbonyl (C=O) groups excluding carboxylic acids is 2. The summed E-state index contributed by atoms with van der Waals surface area (Å²) in [6.07, 6.45) is 1.14. The molecule has 2 aromatic carbocycles. The summed E-state index contributed by atoms with van der Waals surface area (Å²) >= 11 is 0. The zero-order valence-electron chi connectivity index (χ0n) is 15.7. The first-order valence-corrected chi connectivity index (χ1v) is 9.32. The summed E-state index contributed by atoms with van der Waals surface area (Å²) in [6, 6.07) is 12.8. The van der Waals surface area contributed by atoms with Crippen LogP contribution in [0.3, 0.4) is 0 Å². The van der Waals surface area contributed by atoms with E-state index in [1.165, 1.54) is 12.1 Å². The predicted octanol–water partition coefficient (Wildman–Crippen LogP) is 2.55. The number of nitro groups is 1.